The van der Waals surface area contributed by atoms with Gasteiger partial charge in [-0.25, -0.2) is 0 Å². The van der Waals surface area contributed by atoms with E-state index in [2.05, 4.69) is 36.2 Å². The molecule has 0 spiro atoms. The van der Waals surface area contributed by atoms with E-state index < -0.39 is 0 Å². The summed E-state index contributed by atoms with van der Waals surface area (Å²) in [6.07, 6.45) is 2.21. The summed E-state index contributed by atoms with van der Waals surface area (Å²) in [7, 11) is 2.12. The van der Waals surface area contributed by atoms with E-state index in [0.29, 0.717) is 6.04 Å². The van der Waals surface area contributed by atoms with Gasteiger partial charge in [0.25, 0.3) is 0 Å². The summed E-state index contributed by atoms with van der Waals surface area (Å²) in [4.78, 5) is 2.26. The lowest BCUT2D eigenvalue weighted by atomic mass is 10.1. The number of rotatable bonds is 0. The molecule has 1 aromatic rings. The number of fused-ring (bicyclic) bond motifs is 1. The van der Waals surface area contributed by atoms with Crippen LogP contribution in [0, 0.1) is 0 Å². The second-order valence-electron chi connectivity index (χ2n) is 3.81. The molecule has 1 aliphatic rings. The molecule has 1 aromatic carbocycles. The largest absolute Gasteiger partial charge is 0.373 e. The summed E-state index contributed by atoms with van der Waals surface area (Å²) in [5, 5.41) is 0. The van der Waals surface area contributed by atoms with Crippen molar-refractivity contribution in [3.8, 4) is 0 Å². The van der Waals surface area contributed by atoms with Gasteiger partial charge in [0, 0.05) is 25.3 Å². The lowest BCUT2D eigenvalue weighted by Gasteiger charge is -2.20. The van der Waals surface area contributed by atoms with Crippen molar-refractivity contribution in [2.45, 2.75) is 18.9 Å². The van der Waals surface area contributed by atoms with Crippen LogP contribution < -0.4 is 10.6 Å². The van der Waals surface area contributed by atoms with Crippen molar-refractivity contribution in [3.05, 3.63) is 29.8 Å². The first-order valence-corrected chi connectivity index (χ1v) is 4.82. The van der Waals surface area contributed by atoms with Crippen LogP contribution in [0.4, 0.5) is 5.69 Å². The van der Waals surface area contributed by atoms with Crippen molar-refractivity contribution in [3.63, 3.8) is 0 Å². The lowest BCUT2D eigenvalue weighted by molar-refractivity contribution is 0.625. The van der Waals surface area contributed by atoms with Crippen LogP contribution in [0.5, 0.6) is 0 Å². The second kappa shape index (κ2) is 3.38. The Labute approximate surface area is 79.4 Å². The molecule has 0 radical (unpaired) electrons. The maximum Gasteiger partial charge on any atom is 0.0396 e. The Balaban J connectivity index is 2.35. The molecule has 2 rings (SSSR count). The van der Waals surface area contributed by atoms with Crippen molar-refractivity contribution in [2.75, 3.05) is 18.5 Å². The smallest absolute Gasteiger partial charge is 0.0396 e. The average molecular weight is 176 g/mol. The van der Waals surface area contributed by atoms with Crippen LogP contribution in [0.2, 0.25) is 0 Å². The molecule has 1 aliphatic heterocycles. The number of para-hydroxylation sites is 1. The number of likely N-dealkylation sites (N-methyl/N-ethyl adjacent to an activating group) is 1. The molecule has 0 bridgehead atoms. The van der Waals surface area contributed by atoms with Crippen molar-refractivity contribution in [1.82, 2.24) is 0 Å². The summed E-state index contributed by atoms with van der Waals surface area (Å²) in [6.45, 7) is 0.969. The highest BCUT2D eigenvalue weighted by molar-refractivity contribution is 5.54. The first-order chi connectivity index (χ1) is 6.27. The van der Waals surface area contributed by atoms with Gasteiger partial charge in [-0.1, -0.05) is 18.2 Å². The van der Waals surface area contributed by atoms with Gasteiger partial charge in [0.15, 0.2) is 0 Å². The van der Waals surface area contributed by atoms with Gasteiger partial charge >= 0.3 is 0 Å². The molecule has 0 saturated carbocycles. The highest BCUT2D eigenvalue weighted by Crippen LogP contribution is 2.23. The molecule has 70 valence electrons. The summed E-state index contributed by atoms with van der Waals surface area (Å²) < 4.78 is 0. The van der Waals surface area contributed by atoms with E-state index >= 15 is 0 Å². The Hall–Kier alpha value is -1.02. The molecule has 1 atom stereocenters. The number of benzene rings is 1. The van der Waals surface area contributed by atoms with Gasteiger partial charge in [-0.05, 0) is 24.5 Å². The van der Waals surface area contributed by atoms with E-state index in [1.807, 2.05) is 0 Å². The van der Waals surface area contributed by atoms with E-state index in [-0.39, 0.29) is 0 Å². The van der Waals surface area contributed by atoms with Gasteiger partial charge in [-0.3, -0.25) is 0 Å². The van der Waals surface area contributed by atoms with Gasteiger partial charge in [0.1, 0.15) is 0 Å². The third kappa shape index (κ3) is 1.68. The highest BCUT2D eigenvalue weighted by Gasteiger charge is 2.15. The molecule has 0 aliphatic carbocycles. The van der Waals surface area contributed by atoms with Gasteiger partial charge < -0.3 is 10.6 Å². The first-order valence-electron chi connectivity index (χ1n) is 4.82. The van der Waals surface area contributed by atoms with E-state index in [1.54, 1.807) is 0 Å². The Kier molecular flexibility index (Phi) is 2.23. The molecule has 0 fully saturated rings. The van der Waals surface area contributed by atoms with Crippen molar-refractivity contribution in [1.29, 1.82) is 0 Å². The fourth-order valence-electron chi connectivity index (χ4n) is 1.98. The standard InChI is InChI=1S/C11H16N2/c1-13-8-10(12)7-6-9-4-2-3-5-11(9)13/h2-5,10H,6-8,12H2,1H3/t10-/m1/s1. The second-order valence-corrected chi connectivity index (χ2v) is 3.81. The van der Waals surface area contributed by atoms with E-state index in [4.69, 9.17) is 5.73 Å². The monoisotopic (exact) mass is 176 g/mol. The molecular formula is C11H16N2. The molecule has 0 aromatic heterocycles. The summed E-state index contributed by atoms with van der Waals surface area (Å²) in [5.41, 5.74) is 8.73. The Bertz CT molecular complexity index is 296. The van der Waals surface area contributed by atoms with Gasteiger partial charge in [-0.15, -0.1) is 0 Å². The van der Waals surface area contributed by atoms with E-state index in [9.17, 15) is 0 Å². The number of hydrogen-bond acceptors (Lipinski definition) is 2. The average Bonchev–Trinajstić information content (AvgIpc) is 2.27. The molecular weight excluding hydrogens is 160 g/mol. The summed E-state index contributed by atoms with van der Waals surface area (Å²) in [5.74, 6) is 0. The van der Waals surface area contributed by atoms with Crippen LogP contribution in [0.25, 0.3) is 0 Å². The number of hydrogen-bond donors (Lipinski definition) is 1. The maximum atomic E-state index is 5.96. The fourth-order valence-corrected chi connectivity index (χ4v) is 1.98. The Morgan fingerprint density at radius 3 is 3.00 bits per heavy atom. The van der Waals surface area contributed by atoms with Crippen molar-refractivity contribution < 1.29 is 0 Å². The van der Waals surface area contributed by atoms with E-state index in [1.165, 1.54) is 11.3 Å². The number of aryl methyl sites for hydroxylation is 1. The Morgan fingerprint density at radius 2 is 2.15 bits per heavy atom. The molecule has 13 heavy (non-hydrogen) atoms. The zero-order chi connectivity index (χ0) is 9.26. The third-order valence-electron chi connectivity index (χ3n) is 2.70. The number of nitrogens with zero attached hydrogens (tertiary/aromatic N) is 1. The van der Waals surface area contributed by atoms with Crippen LogP contribution in [-0.2, 0) is 6.42 Å². The third-order valence-corrected chi connectivity index (χ3v) is 2.70. The molecule has 0 unspecified atom stereocenters. The minimum Gasteiger partial charge on any atom is -0.373 e. The Morgan fingerprint density at radius 1 is 1.38 bits per heavy atom. The maximum absolute atomic E-state index is 5.96. The van der Waals surface area contributed by atoms with Crippen LogP contribution >= 0.6 is 0 Å². The molecule has 0 saturated heterocycles. The number of anilines is 1. The lowest BCUT2D eigenvalue weighted by Crippen LogP contribution is -2.33. The molecule has 1 heterocycles. The highest BCUT2D eigenvalue weighted by atomic mass is 15.1. The normalized spacial score (nSPS) is 22.3. The zero-order valence-corrected chi connectivity index (χ0v) is 8.03. The van der Waals surface area contributed by atoms with Crippen LogP contribution in [0.15, 0.2) is 24.3 Å². The molecule has 0 amide bonds. The van der Waals surface area contributed by atoms with Crippen LogP contribution in [0.1, 0.15) is 12.0 Å². The molecule has 2 heteroatoms. The van der Waals surface area contributed by atoms with Gasteiger partial charge in [0.05, 0.1) is 0 Å². The van der Waals surface area contributed by atoms with E-state index in [0.717, 1.165) is 19.4 Å². The molecule has 2 nitrogen and oxygen atoms in total. The SMILES string of the molecule is CN1C[C@H](N)CCc2ccccc21. The van der Waals surface area contributed by atoms with Crippen LogP contribution in [0.3, 0.4) is 0 Å². The quantitative estimate of drug-likeness (QED) is 0.647. The first kappa shape index (κ1) is 8.57. The number of nitrogens with two attached hydrogens (primary N) is 1. The van der Waals surface area contributed by atoms with Crippen molar-refractivity contribution in [2.24, 2.45) is 5.73 Å². The minimum atomic E-state index is 0.317. The fraction of sp³-hybridized carbons (Fsp3) is 0.455. The van der Waals surface area contributed by atoms with Crippen molar-refractivity contribution >= 4 is 5.69 Å². The molecule has 2 N–H and O–H groups in total. The topological polar surface area (TPSA) is 29.3 Å². The zero-order valence-electron chi connectivity index (χ0n) is 8.03. The minimum absolute atomic E-state index is 0.317. The van der Waals surface area contributed by atoms with Gasteiger partial charge in [-0.2, -0.15) is 0 Å². The predicted octanol–water partition coefficient (Wildman–Crippen LogP) is 1.40. The summed E-state index contributed by atoms with van der Waals surface area (Å²) >= 11 is 0. The van der Waals surface area contributed by atoms with Crippen LogP contribution in [-0.4, -0.2) is 19.6 Å². The summed E-state index contributed by atoms with van der Waals surface area (Å²) in [6, 6.07) is 8.88. The van der Waals surface area contributed by atoms with Gasteiger partial charge in [0.2, 0.25) is 0 Å². The predicted molar refractivity (Wildman–Crippen MR) is 56.0 cm³/mol.